The van der Waals surface area contributed by atoms with Crippen molar-refractivity contribution in [2.75, 3.05) is 0 Å². The third-order valence-electron chi connectivity index (χ3n) is 0.679. The zero-order valence-electron chi connectivity index (χ0n) is 4.52. The van der Waals surface area contributed by atoms with Crippen molar-refractivity contribution in [3.8, 4) is 0 Å². The molecule has 3 heteroatoms. The quantitative estimate of drug-likeness (QED) is 0.510. The first kappa shape index (κ1) is 7.14. The number of carbonyl (C=O) groups excluding carboxylic acids is 2. The molecule has 0 atom stereocenters. The molecule has 0 fully saturated rings. The summed E-state index contributed by atoms with van der Waals surface area (Å²) in [6, 6.07) is 0. The average molecular weight is 114 g/mol. The molecule has 2 N–H and O–H groups in total. The van der Waals surface area contributed by atoms with E-state index in [1.165, 1.54) is 0 Å². The zero-order valence-corrected chi connectivity index (χ0v) is 4.52. The molecule has 3 nitrogen and oxygen atoms in total. The number of nitrogens with two attached hydrogens (primary N) is 1. The van der Waals surface area contributed by atoms with Gasteiger partial charge in [-0.3, -0.25) is 9.59 Å². The van der Waals surface area contributed by atoms with Gasteiger partial charge in [-0.15, -0.1) is 0 Å². The summed E-state index contributed by atoms with van der Waals surface area (Å²) in [7, 11) is 0. The standard InChI is InChI=1S/C5H8NO2/c1-2-3-4(7)5(6)8/h1-3H2,(H2,6,8). The van der Waals surface area contributed by atoms with Crippen molar-refractivity contribution < 1.29 is 9.59 Å². The number of ketones is 1. The van der Waals surface area contributed by atoms with Crippen LogP contribution in [0.25, 0.3) is 0 Å². The van der Waals surface area contributed by atoms with Crippen molar-refractivity contribution in [2.24, 2.45) is 5.73 Å². The maximum Gasteiger partial charge on any atom is 0.284 e. The molecule has 8 heavy (non-hydrogen) atoms. The van der Waals surface area contributed by atoms with E-state index in [0.717, 1.165) is 0 Å². The van der Waals surface area contributed by atoms with Crippen LogP contribution in [0.2, 0.25) is 0 Å². The zero-order chi connectivity index (χ0) is 6.57. The fraction of sp³-hybridized carbons (Fsp3) is 0.400. The number of primary amides is 1. The molecule has 0 aliphatic heterocycles. The smallest absolute Gasteiger partial charge is 0.284 e. The van der Waals surface area contributed by atoms with Gasteiger partial charge in [0, 0.05) is 6.42 Å². The van der Waals surface area contributed by atoms with E-state index in [1.54, 1.807) is 0 Å². The van der Waals surface area contributed by atoms with Crippen LogP contribution in [0.3, 0.4) is 0 Å². The van der Waals surface area contributed by atoms with E-state index in [1.807, 2.05) is 0 Å². The fourth-order valence-corrected chi connectivity index (χ4v) is 0.284. The van der Waals surface area contributed by atoms with Gasteiger partial charge in [-0.05, 0) is 6.42 Å². The Morgan fingerprint density at radius 2 is 2.00 bits per heavy atom. The third-order valence-corrected chi connectivity index (χ3v) is 0.679. The number of carbonyl (C=O) groups is 2. The average Bonchev–Trinajstić information content (AvgIpc) is 1.67. The molecule has 0 unspecified atom stereocenters. The summed E-state index contributed by atoms with van der Waals surface area (Å²) in [5, 5.41) is 0. The lowest BCUT2D eigenvalue weighted by Gasteiger charge is -1.86. The molecule has 0 aliphatic carbocycles. The van der Waals surface area contributed by atoms with Crippen LogP contribution in [-0.4, -0.2) is 11.7 Å². The number of Topliss-reactive ketones (excluding diaryl/α,β-unsaturated/α-hetero) is 1. The Labute approximate surface area is 47.9 Å². The van der Waals surface area contributed by atoms with Gasteiger partial charge < -0.3 is 5.73 Å². The summed E-state index contributed by atoms with van der Waals surface area (Å²) < 4.78 is 0. The van der Waals surface area contributed by atoms with Crippen LogP contribution in [0.15, 0.2) is 0 Å². The summed E-state index contributed by atoms with van der Waals surface area (Å²) in [5.41, 5.74) is 4.61. The lowest BCUT2D eigenvalue weighted by molar-refractivity contribution is -0.135. The minimum Gasteiger partial charge on any atom is -0.363 e. The molecular formula is C5H8NO2. The van der Waals surface area contributed by atoms with Gasteiger partial charge in [-0.2, -0.15) is 0 Å². The van der Waals surface area contributed by atoms with Crippen molar-refractivity contribution in [1.29, 1.82) is 0 Å². The van der Waals surface area contributed by atoms with Crippen molar-refractivity contribution in [2.45, 2.75) is 12.8 Å². The van der Waals surface area contributed by atoms with Gasteiger partial charge in [0.1, 0.15) is 0 Å². The highest BCUT2D eigenvalue weighted by molar-refractivity contribution is 6.35. The Bertz CT molecular complexity index is 109. The van der Waals surface area contributed by atoms with Gasteiger partial charge in [0.15, 0.2) is 0 Å². The molecule has 0 aromatic heterocycles. The van der Waals surface area contributed by atoms with Gasteiger partial charge in [-0.1, -0.05) is 6.92 Å². The molecule has 0 spiro atoms. The summed E-state index contributed by atoms with van der Waals surface area (Å²) in [6.45, 7) is 3.38. The Morgan fingerprint density at radius 3 is 2.12 bits per heavy atom. The van der Waals surface area contributed by atoms with E-state index >= 15 is 0 Å². The second kappa shape index (κ2) is 3.18. The van der Waals surface area contributed by atoms with Crippen LogP contribution >= 0.6 is 0 Å². The number of hydrogen-bond acceptors (Lipinski definition) is 2. The molecule has 45 valence electrons. The summed E-state index contributed by atoms with van der Waals surface area (Å²) >= 11 is 0. The van der Waals surface area contributed by atoms with Crippen LogP contribution in [-0.2, 0) is 9.59 Å². The third kappa shape index (κ3) is 2.34. The van der Waals surface area contributed by atoms with Crippen molar-refractivity contribution in [3.63, 3.8) is 0 Å². The molecule has 1 radical (unpaired) electrons. The van der Waals surface area contributed by atoms with Crippen LogP contribution in [0.1, 0.15) is 12.8 Å². The van der Waals surface area contributed by atoms with E-state index < -0.39 is 11.7 Å². The predicted octanol–water partition coefficient (Wildman–Crippen LogP) is -0.345. The van der Waals surface area contributed by atoms with Gasteiger partial charge in [0.2, 0.25) is 5.78 Å². The van der Waals surface area contributed by atoms with E-state index in [2.05, 4.69) is 12.7 Å². The number of rotatable bonds is 3. The molecule has 0 heterocycles. The first-order chi connectivity index (χ1) is 3.68. The Balaban J connectivity index is 3.49. The summed E-state index contributed by atoms with van der Waals surface area (Å²) in [6.07, 6.45) is 0.594. The highest BCUT2D eigenvalue weighted by Crippen LogP contribution is 1.85. The first-order valence-electron chi connectivity index (χ1n) is 2.30. The maximum atomic E-state index is 10.2. The summed E-state index contributed by atoms with van der Waals surface area (Å²) in [5.74, 6) is -1.41. The lowest BCUT2D eigenvalue weighted by atomic mass is 10.2. The molecule has 0 bridgehead atoms. The van der Waals surface area contributed by atoms with E-state index in [4.69, 9.17) is 0 Å². The largest absolute Gasteiger partial charge is 0.363 e. The molecule has 0 saturated carbocycles. The topological polar surface area (TPSA) is 60.2 Å². The number of hydrogen-bond donors (Lipinski definition) is 1. The Kier molecular flexibility index (Phi) is 2.84. The first-order valence-corrected chi connectivity index (χ1v) is 2.30. The van der Waals surface area contributed by atoms with E-state index in [-0.39, 0.29) is 6.42 Å². The maximum absolute atomic E-state index is 10.2. The van der Waals surface area contributed by atoms with Crippen LogP contribution in [0.4, 0.5) is 0 Å². The highest BCUT2D eigenvalue weighted by Gasteiger charge is 2.04. The molecule has 0 aromatic rings. The van der Waals surface area contributed by atoms with Crippen molar-refractivity contribution in [1.82, 2.24) is 0 Å². The van der Waals surface area contributed by atoms with E-state index in [9.17, 15) is 9.59 Å². The minimum atomic E-state index is -0.867. The molecule has 0 rings (SSSR count). The van der Waals surface area contributed by atoms with Gasteiger partial charge >= 0.3 is 0 Å². The number of amides is 1. The van der Waals surface area contributed by atoms with Crippen molar-refractivity contribution >= 4 is 11.7 Å². The Hall–Kier alpha value is -0.860. The summed E-state index contributed by atoms with van der Waals surface area (Å²) in [4.78, 5) is 20.2. The van der Waals surface area contributed by atoms with Gasteiger partial charge in [-0.25, -0.2) is 0 Å². The minimum absolute atomic E-state index is 0.162. The molecule has 0 saturated heterocycles. The fourth-order valence-electron chi connectivity index (χ4n) is 0.284. The van der Waals surface area contributed by atoms with Crippen LogP contribution < -0.4 is 5.73 Å². The predicted molar refractivity (Wildman–Crippen MR) is 28.8 cm³/mol. The lowest BCUT2D eigenvalue weighted by Crippen LogP contribution is -2.22. The monoisotopic (exact) mass is 114 g/mol. The molecule has 0 aromatic carbocycles. The second-order valence-electron chi connectivity index (χ2n) is 1.39. The second-order valence-corrected chi connectivity index (χ2v) is 1.39. The van der Waals surface area contributed by atoms with Crippen LogP contribution in [0.5, 0.6) is 0 Å². The van der Waals surface area contributed by atoms with Gasteiger partial charge in [0.05, 0.1) is 0 Å². The Morgan fingerprint density at radius 1 is 1.50 bits per heavy atom. The highest BCUT2D eigenvalue weighted by atomic mass is 16.2. The van der Waals surface area contributed by atoms with Gasteiger partial charge in [0.25, 0.3) is 5.91 Å². The van der Waals surface area contributed by atoms with E-state index in [0.29, 0.717) is 6.42 Å². The molecule has 0 aliphatic rings. The normalized spacial score (nSPS) is 8.62. The molecular weight excluding hydrogens is 106 g/mol. The van der Waals surface area contributed by atoms with Crippen LogP contribution in [0, 0.1) is 6.92 Å². The van der Waals surface area contributed by atoms with Crippen molar-refractivity contribution in [3.05, 3.63) is 6.92 Å². The SMILES string of the molecule is [CH2]CCC(=O)C(N)=O. The molecule has 1 amide bonds.